The van der Waals surface area contributed by atoms with Crippen LogP contribution < -0.4 is 5.32 Å². The van der Waals surface area contributed by atoms with Crippen molar-refractivity contribution >= 4 is 23.6 Å². The van der Waals surface area contributed by atoms with Gasteiger partial charge in [-0.1, -0.05) is 12.1 Å². The quantitative estimate of drug-likeness (QED) is 0.348. The van der Waals surface area contributed by atoms with Crippen LogP contribution >= 0.6 is 0 Å². The Labute approximate surface area is 194 Å². The Morgan fingerprint density at radius 2 is 1.67 bits per heavy atom. The Morgan fingerprint density at radius 1 is 1.03 bits per heavy atom. The second-order valence-corrected chi connectivity index (χ2v) is 8.36. The molecule has 3 rings (SSSR count). The Morgan fingerprint density at radius 3 is 2.30 bits per heavy atom. The minimum Gasteiger partial charge on any atom is -0.466 e. The van der Waals surface area contributed by atoms with E-state index in [1.807, 2.05) is 4.90 Å². The maximum absolute atomic E-state index is 12.5. The normalized spacial score (nSPS) is 16.9. The first-order chi connectivity index (χ1) is 16.0. The predicted octanol–water partition coefficient (Wildman–Crippen LogP) is 1.66. The molecule has 0 radical (unpaired) electrons. The molecule has 0 saturated carbocycles. The molecule has 0 atom stereocenters. The lowest BCUT2D eigenvalue weighted by molar-refractivity contribution is -0.144. The van der Waals surface area contributed by atoms with Crippen LogP contribution in [0.4, 0.5) is 0 Å². The van der Waals surface area contributed by atoms with Crippen LogP contribution in [0.15, 0.2) is 24.3 Å². The van der Waals surface area contributed by atoms with Gasteiger partial charge in [-0.25, -0.2) is 0 Å². The molecule has 0 bridgehead atoms. The number of amides is 2. The van der Waals surface area contributed by atoms with Crippen LogP contribution in [-0.4, -0.2) is 86.0 Å². The van der Waals surface area contributed by atoms with Crippen molar-refractivity contribution in [3.63, 3.8) is 0 Å². The number of rotatable bonds is 8. The second kappa shape index (κ2) is 12.3. The highest BCUT2D eigenvalue weighted by atomic mass is 16.5. The Kier molecular flexibility index (Phi) is 9.24. The van der Waals surface area contributed by atoms with Crippen molar-refractivity contribution in [2.75, 3.05) is 52.5 Å². The number of ether oxygens (including phenoxy) is 2. The van der Waals surface area contributed by atoms with Gasteiger partial charge in [-0.2, -0.15) is 0 Å². The standard InChI is InChI=1S/C24H34N4O5/c1-2-33-22(30)17-18-8-11-27(12-9-18)21(29)7-10-26-24(31)20-5-3-19(4-6-20)23(25)28-13-15-32-16-14-28/h3-6,18,25H,2,7-17H2,1H3,(H,26,31). The zero-order valence-electron chi connectivity index (χ0n) is 19.3. The summed E-state index contributed by atoms with van der Waals surface area (Å²) in [7, 11) is 0. The summed E-state index contributed by atoms with van der Waals surface area (Å²) in [5, 5.41) is 11.1. The molecule has 1 aromatic rings. The maximum Gasteiger partial charge on any atom is 0.306 e. The molecule has 2 fully saturated rings. The molecule has 2 aliphatic heterocycles. The number of nitrogens with one attached hydrogen (secondary N) is 2. The fourth-order valence-electron chi connectivity index (χ4n) is 4.13. The van der Waals surface area contributed by atoms with Crippen LogP contribution in [0.3, 0.4) is 0 Å². The highest BCUT2D eigenvalue weighted by Gasteiger charge is 2.24. The number of carbonyl (C=O) groups excluding carboxylic acids is 3. The summed E-state index contributed by atoms with van der Waals surface area (Å²) in [5.41, 5.74) is 1.26. The summed E-state index contributed by atoms with van der Waals surface area (Å²) in [4.78, 5) is 40.3. The van der Waals surface area contributed by atoms with Gasteiger partial charge in [-0.3, -0.25) is 19.8 Å². The molecule has 0 unspecified atom stereocenters. The third-order valence-electron chi connectivity index (χ3n) is 6.10. The van der Waals surface area contributed by atoms with E-state index in [2.05, 4.69) is 5.32 Å². The molecule has 2 amide bonds. The zero-order valence-corrected chi connectivity index (χ0v) is 19.3. The molecular formula is C24H34N4O5. The Balaban J connectivity index is 1.37. The second-order valence-electron chi connectivity index (χ2n) is 8.36. The predicted molar refractivity (Wildman–Crippen MR) is 123 cm³/mol. The molecule has 180 valence electrons. The smallest absolute Gasteiger partial charge is 0.306 e. The van der Waals surface area contributed by atoms with E-state index < -0.39 is 0 Å². The summed E-state index contributed by atoms with van der Waals surface area (Å²) in [5.74, 6) is 0.304. The SMILES string of the molecule is CCOC(=O)CC1CCN(C(=O)CCNC(=O)c2ccc(C(=N)N3CCOCC3)cc2)CC1. The molecule has 33 heavy (non-hydrogen) atoms. The van der Waals surface area contributed by atoms with Gasteiger partial charge >= 0.3 is 5.97 Å². The fraction of sp³-hybridized carbons (Fsp3) is 0.583. The van der Waals surface area contributed by atoms with Crippen molar-refractivity contribution in [3.05, 3.63) is 35.4 Å². The highest BCUT2D eigenvalue weighted by molar-refractivity contribution is 5.99. The van der Waals surface area contributed by atoms with Gasteiger partial charge in [0, 0.05) is 56.7 Å². The van der Waals surface area contributed by atoms with E-state index in [1.165, 1.54) is 0 Å². The topological polar surface area (TPSA) is 112 Å². The third kappa shape index (κ3) is 7.28. The van der Waals surface area contributed by atoms with Crippen LogP contribution in [0.25, 0.3) is 0 Å². The van der Waals surface area contributed by atoms with Gasteiger partial charge in [0.1, 0.15) is 5.84 Å². The number of carbonyl (C=O) groups is 3. The fourth-order valence-corrected chi connectivity index (χ4v) is 4.13. The third-order valence-corrected chi connectivity index (χ3v) is 6.10. The molecule has 0 aliphatic carbocycles. The Bertz CT molecular complexity index is 828. The molecule has 0 aromatic heterocycles. The van der Waals surface area contributed by atoms with E-state index in [0.29, 0.717) is 63.8 Å². The number of likely N-dealkylation sites (tertiary alicyclic amines) is 1. The molecule has 2 N–H and O–H groups in total. The van der Waals surface area contributed by atoms with E-state index in [-0.39, 0.29) is 36.7 Å². The minimum atomic E-state index is -0.236. The van der Waals surface area contributed by atoms with Crippen molar-refractivity contribution < 1.29 is 23.9 Å². The van der Waals surface area contributed by atoms with Gasteiger partial charge in [-0.05, 0) is 37.8 Å². The lowest BCUT2D eigenvalue weighted by Crippen LogP contribution is -2.40. The largest absolute Gasteiger partial charge is 0.466 e. The van der Waals surface area contributed by atoms with Crippen molar-refractivity contribution in [2.45, 2.75) is 32.6 Å². The van der Waals surface area contributed by atoms with Gasteiger partial charge < -0.3 is 24.6 Å². The molecular weight excluding hydrogens is 424 g/mol. The molecule has 9 heteroatoms. The van der Waals surface area contributed by atoms with Crippen LogP contribution in [0.1, 0.15) is 48.5 Å². The monoisotopic (exact) mass is 458 g/mol. The first-order valence-corrected chi connectivity index (χ1v) is 11.7. The highest BCUT2D eigenvalue weighted by Crippen LogP contribution is 2.21. The van der Waals surface area contributed by atoms with Crippen LogP contribution in [0, 0.1) is 11.3 Å². The van der Waals surface area contributed by atoms with Gasteiger partial charge in [0.2, 0.25) is 5.91 Å². The summed E-state index contributed by atoms with van der Waals surface area (Å²) in [6.07, 6.45) is 2.25. The van der Waals surface area contributed by atoms with Gasteiger partial charge in [0.15, 0.2) is 0 Å². The summed E-state index contributed by atoms with van der Waals surface area (Å²) in [6, 6.07) is 6.96. The van der Waals surface area contributed by atoms with E-state index in [9.17, 15) is 14.4 Å². The molecule has 0 spiro atoms. The van der Waals surface area contributed by atoms with Crippen LogP contribution in [0.2, 0.25) is 0 Å². The lowest BCUT2D eigenvalue weighted by Gasteiger charge is -2.31. The summed E-state index contributed by atoms with van der Waals surface area (Å²) >= 11 is 0. The van der Waals surface area contributed by atoms with Gasteiger partial charge in [-0.15, -0.1) is 0 Å². The Hall–Kier alpha value is -2.94. The average molecular weight is 459 g/mol. The number of piperidine rings is 1. The maximum atomic E-state index is 12.5. The number of benzene rings is 1. The van der Waals surface area contributed by atoms with Crippen molar-refractivity contribution in [1.29, 1.82) is 5.41 Å². The van der Waals surface area contributed by atoms with Gasteiger partial charge in [0.25, 0.3) is 5.91 Å². The van der Waals surface area contributed by atoms with Gasteiger partial charge in [0.05, 0.1) is 19.8 Å². The van der Waals surface area contributed by atoms with Crippen molar-refractivity contribution in [2.24, 2.45) is 5.92 Å². The first kappa shape index (κ1) is 24.7. The van der Waals surface area contributed by atoms with E-state index in [4.69, 9.17) is 14.9 Å². The molecule has 1 aromatic carbocycles. The lowest BCUT2D eigenvalue weighted by atomic mass is 9.93. The average Bonchev–Trinajstić information content (AvgIpc) is 2.84. The summed E-state index contributed by atoms with van der Waals surface area (Å²) < 4.78 is 10.3. The molecule has 9 nitrogen and oxygen atoms in total. The van der Waals surface area contributed by atoms with E-state index in [1.54, 1.807) is 36.1 Å². The number of esters is 1. The van der Waals surface area contributed by atoms with E-state index in [0.717, 1.165) is 18.4 Å². The first-order valence-electron chi connectivity index (χ1n) is 11.7. The minimum absolute atomic E-state index is 0.0131. The molecule has 2 aliphatic rings. The number of hydrogen-bond donors (Lipinski definition) is 2. The summed E-state index contributed by atoms with van der Waals surface area (Å²) in [6.45, 7) is 6.35. The number of nitrogens with zero attached hydrogens (tertiary/aromatic N) is 2. The van der Waals surface area contributed by atoms with E-state index >= 15 is 0 Å². The van der Waals surface area contributed by atoms with Crippen molar-refractivity contribution in [1.82, 2.24) is 15.1 Å². The number of amidine groups is 1. The molecule has 2 saturated heterocycles. The van der Waals surface area contributed by atoms with Crippen LogP contribution in [0.5, 0.6) is 0 Å². The zero-order chi connectivity index (χ0) is 23.6. The van der Waals surface area contributed by atoms with Crippen molar-refractivity contribution in [3.8, 4) is 0 Å². The number of morpholine rings is 1. The number of hydrogen-bond acceptors (Lipinski definition) is 6. The molecule has 2 heterocycles. The van der Waals surface area contributed by atoms with Crippen LogP contribution in [-0.2, 0) is 19.1 Å².